The molecule has 0 unspecified atom stereocenters. The second-order valence-electron chi connectivity index (χ2n) is 7.90. The van der Waals surface area contributed by atoms with E-state index in [2.05, 4.69) is 14.9 Å². The van der Waals surface area contributed by atoms with E-state index in [4.69, 9.17) is 10.7 Å². The number of nitrogens with one attached hydrogen (secondary N) is 1. The summed E-state index contributed by atoms with van der Waals surface area (Å²) in [6.07, 6.45) is 3.26. The number of nitrogen functional groups attached to an aromatic ring is 1. The van der Waals surface area contributed by atoms with Crippen LogP contribution in [0.1, 0.15) is 40.9 Å². The van der Waals surface area contributed by atoms with Gasteiger partial charge < -0.3 is 15.7 Å². The number of aromatic carboxylic acids is 1. The molecule has 3 heterocycles. The molecule has 0 radical (unpaired) electrons. The van der Waals surface area contributed by atoms with E-state index >= 15 is 0 Å². The highest BCUT2D eigenvalue weighted by atomic mass is 16.4. The summed E-state index contributed by atoms with van der Waals surface area (Å²) in [4.78, 5) is 37.9. The molecule has 3 aromatic rings. The number of carboxylic acids is 1. The Hall–Kier alpha value is -3.42. The molecule has 1 spiro atoms. The number of aromatic nitrogens is 3. The van der Waals surface area contributed by atoms with Crippen molar-refractivity contribution in [3.05, 3.63) is 57.5 Å². The zero-order valence-corrected chi connectivity index (χ0v) is 15.8. The number of nitrogens with zero attached hydrogens (tertiary/aromatic N) is 3. The number of para-hydroxylation sites is 1. The highest BCUT2D eigenvalue weighted by molar-refractivity contribution is 6.03. The molecule has 148 valence electrons. The van der Waals surface area contributed by atoms with Crippen LogP contribution in [0.25, 0.3) is 10.9 Å². The summed E-state index contributed by atoms with van der Waals surface area (Å²) in [6.45, 7) is 1.44. The van der Waals surface area contributed by atoms with E-state index in [1.165, 1.54) is 0 Å². The number of piperidine rings is 1. The number of nitrogens with two attached hydrogens (primary N) is 1. The molecule has 0 bridgehead atoms. The van der Waals surface area contributed by atoms with Crippen molar-refractivity contribution in [3.8, 4) is 0 Å². The van der Waals surface area contributed by atoms with Crippen molar-refractivity contribution < 1.29 is 9.90 Å². The number of hydrogen-bond acceptors (Lipinski definition) is 6. The average Bonchev–Trinajstić information content (AvgIpc) is 3.06. The zero-order valence-electron chi connectivity index (χ0n) is 15.8. The quantitative estimate of drug-likeness (QED) is 0.611. The van der Waals surface area contributed by atoms with Gasteiger partial charge in [-0.25, -0.2) is 14.8 Å². The summed E-state index contributed by atoms with van der Waals surface area (Å²) >= 11 is 0. The van der Waals surface area contributed by atoms with E-state index in [1.54, 1.807) is 12.1 Å². The summed E-state index contributed by atoms with van der Waals surface area (Å²) in [5.74, 6) is -0.116. The molecule has 1 saturated heterocycles. The smallest absolute Gasteiger partial charge is 0.336 e. The fraction of sp³-hybridized carbons (Fsp3) is 0.333. The number of H-pyrrole nitrogens is 1. The van der Waals surface area contributed by atoms with Crippen LogP contribution in [0.2, 0.25) is 0 Å². The predicted octanol–water partition coefficient (Wildman–Crippen LogP) is 2.08. The van der Waals surface area contributed by atoms with E-state index in [1.807, 2.05) is 18.2 Å². The van der Waals surface area contributed by atoms with Gasteiger partial charge in [-0.05, 0) is 37.8 Å². The molecule has 4 N–H and O–H groups in total. The van der Waals surface area contributed by atoms with Crippen LogP contribution >= 0.6 is 0 Å². The van der Waals surface area contributed by atoms with Crippen LogP contribution in [0.5, 0.6) is 0 Å². The Morgan fingerprint density at radius 1 is 1.17 bits per heavy atom. The molecule has 0 amide bonds. The number of pyridine rings is 1. The van der Waals surface area contributed by atoms with Crippen molar-refractivity contribution in [2.45, 2.75) is 31.1 Å². The molecule has 1 aliphatic heterocycles. The molecular weight excluding hydrogens is 370 g/mol. The van der Waals surface area contributed by atoms with E-state index < -0.39 is 5.97 Å². The van der Waals surface area contributed by atoms with Crippen LogP contribution in [0.4, 0.5) is 11.8 Å². The highest BCUT2D eigenvalue weighted by Gasteiger charge is 2.44. The van der Waals surface area contributed by atoms with Crippen molar-refractivity contribution in [1.82, 2.24) is 15.0 Å². The molecule has 0 saturated carbocycles. The summed E-state index contributed by atoms with van der Waals surface area (Å²) in [7, 11) is 0. The van der Waals surface area contributed by atoms with Crippen molar-refractivity contribution in [2.75, 3.05) is 23.7 Å². The van der Waals surface area contributed by atoms with Crippen molar-refractivity contribution >= 4 is 28.6 Å². The summed E-state index contributed by atoms with van der Waals surface area (Å²) in [5, 5.41) is 10.3. The lowest BCUT2D eigenvalue weighted by Crippen LogP contribution is -2.42. The SMILES string of the molecule is Nc1nc2c(c(=O)[nH]1)CCC21CCN(c2cc(C(=O)O)c3ccccc3n2)CC1. The van der Waals surface area contributed by atoms with Crippen molar-refractivity contribution in [2.24, 2.45) is 0 Å². The minimum absolute atomic E-state index is 0.130. The van der Waals surface area contributed by atoms with E-state index in [-0.39, 0.29) is 22.5 Å². The number of rotatable bonds is 2. The fourth-order valence-electron chi connectivity index (χ4n) is 4.82. The number of aromatic amines is 1. The van der Waals surface area contributed by atoms with E-state index in [9.17, 15) is 14.7 Å². The lowest BCUT2D eigenvalue weighted by Gasteiger charge is -2.40. The Morgan fingerprint density at radius 2 is 1.93 bits per heavy atom. The standard InChI is InChI=1S/C21H21N5O3/c22-20-24-17-13(18(27)25-20)5-6-21(17)7-9-26(10-8-21)16-11-14(19(28)29)12-3-1-2-4-15(12)23-16/h1-4,11H,5-10H2,(H,28,29)(H3,22,24,25,27). The molecule has 8 heteroatoms. The maximum Gasteiger partial charge on any atom is 0.336 e. The fourth-order valence-corrected chi connectivity index (χ4v) is 4.82. The third-order valence-electron chi connectivity index (χ3n) is 6.37. The number of carbonyl (C=O) groups is 1. The van der Waals surface area contributed by atoms with Gasteiger partial charge in [-0.3, -0.25) is 9.78 Å². The maximum atomic E-state index is 12.2. The van der Waals surface area contributed by atoms with Gasteiger partial charge in [0.1, 0.15) is 5.82 Å². The van der Waals surface area contributed by atoms with Gasteiger partial charge in [-0.15, -0.1) is 0 Å². The normalized spacial score (nSPS) is 17.6. The lowest BCUT2D eigenvalue weighted by molar-refractivity contribution is 0.0699. The first-order valence-electron chi connectivity index (χ1n) is 9.74. The minimum atomic E-state index is -0.957. The van der Waals surface area contributed by atoms with Gasteiger partial charge in [-0.2, -0.15) is 0 Å². The third kappa shape index (κ3) is 2.74. The second-order valence-corrected chi connectivity index (χ2v) is 7.90. The highest BCUT2D eigenvalue weighted by Crippen LogP contribution is 2.45. The number of carboxylic acid groups (broad SMARTS) is 1. The minimum Gasteiger partial charge on any atom is -0.478 e. The number of anilines is 2. The largest absolute Gasteiger partial charge is 0.478 e. The molecule has 1 fully saturated rings. The molecule has 0 atom stereocenters. The third-order valence-corrected chi connectivity index (χ3v) is 6.37. The lowest BCUT2D eigenvalue weighted by atomic mass is 9.76. The number of fused-ring (bicyclic) bond motifs is 3. The Kier molecular flexibility index (Phi) is 3.84. The molecule has 2 aromatic heterocycles. The predicted molar refractivity (Wildman–Crippen MR) is 109 cm³/mol. The Bertz CT molecular complexity index is 1190. The van der Waals surface area contributed by atoms with Crippen LogP contribution in [-0.4, -0.2) is 39.1 Å². The van der Waals surface area contributed by atoms with Crippen LogP contribution < -0.4 is 16.2 Å². The van der Waals surface area contributed by atoms with Crippen molar-refractivity contribution in [1.29, 1.82) is 0 Å². The monoisotopic (exact) mass is 391 g/mol. The molecule has 1 aromatic carbocycles. The van der Waals surface area contributed by atoms with Crippen molar-refractivity contribution in [3.63, 3.8) is 0 Å². The topological polar surface area (TPSA) is 125 Å². The van der Waals surface area contributed by atoms with Crippen LogP contribution in [0, 0.1) is 0 Å². The molecule has 29 heavy (non-hydrogen) atoms. The number of benzene rings is 1. The second kappa shape index (κ2) is 6.30. The molecule has 2 aliphatic rings. The van der Waals surface area contributed by atoms with Gasteiger partial charge in [0.25, 0.3) is 5.56 Å². The van der Waals surface area contributed by atoms with Gasteiger partial charge in [0.05, 0.1) is 16.8 Å². The maximum absolute atomic E-state index is 12.2. The van der Waals surface area contributed by atoms with E-state index in [0.29, 0.717) is 16.7 Å². The first kappa shape index (κ1) is 17.7. The molecule has 5 rings (SSSR count). The summed E-state index contributed by atoms with van der Waals surface area (Å²) in [6, 6.07) is 8.96. The number of hydrogen-bond donors (Lipinski definition) is 3. The van der Waals surface area contributed by atoms with Gasteiger partial charge in [-0.1, -0.05) is 18.2 Å². The van der Waals surface area contributed by atoms with Gasteiger partial charge >= 0.3 is 5.97 Å². The Labute approximate surface area is 166 Å². The molecule has 8 nitrogen and oxygen atoms in total. The van der Waals surface area contributed by atoms with Gasteiger partial charge in [0.2, 0.25) is 5.95 Å². The van der Waals surface area contributed by atoms with Gasteiger partial charge in [0, 0.05) is 29.5 Å². The first-order chi connectivity index (χ1) is 14.0. The van der Waals surface area contributed by atoms with Crippen LogP contribution in [0.3, 0.4) is 0 Å². The molecular formula is C21H21N5O3. The van der Waals surface area contributed by atoms with Gasteiger partial charge in [0.15, 0.2) is 0 Å². The average molecular weight is 391 g/mol. The first-order valence-corrected chi connectivity index (χ1v) is 9.74. The molecule has 1 aliphatic carbocycles. The van der Waals surface area contributed by atoms with E-state index in [0.717, 1.165) is 50.0 Å². The van der Waals surface area contributed by atoms with Crippen LogP contribution in [-0.2, 0) is 11.8 Å². The summed E-state index contributed by atoms with van der Waals surface area (Å²) < 4.78 is 0. The summed E-state index contributed by atoms with van der Waals surface area (Å²) in [5.41, 5.74) is 8.06. The zero-order chi connectivity index (χ0) is 20.2. The van der Waals surface area contributed by atoms with Crippen LogP contribution in [0.15, 0.2) is 35.1 Å². The Balaban J connectivity index is 1.47. The Morgan fingerprint density at radius 3 is 2.69 bits per heavy atom.